The molecule has 0 radical (unpaired) electrons. The second kappa shape index (κ2) is 8.07. The quantitative estimate of drug-likeness (QED) is 0.148. The number of guanidine groups is 1. The number of fused-ring (bicyclic) bond motifs is 1. The van der Waals surface area contributed by atoms with Crippen LogP contribution in [0.1, 0.15) is 24.3 Å². The molecule has 1 heterocycles. The molecule has 0 atom stereocenters. The summed E-state index contributed by atoms with van der Waals surface area (Å²) < 4.78 is 2.31. The smallest absolute Gasteiger partial charge is 0.225 e. The van der Waals surface area contributed by atoms with E-state index < -0.39 is 0 Å². The number of aromatic amines is 1. The Bertz CT molecular complexity index is 985. The molecule has 4 rings (SSSR count). The molecule has 0 amide bonds. The molecule has 0 aliphatic heterocycles. The van der Waals surface area contributed by atoms with Crippen LogP contribution >= 0.6 is 24.6 Å². The second-order valence-corrected chi connectivity index (χ2v) is 6.16. The number of nitrogens with zero attached hydrogens (tertiary/aromatic N) is 3. The van der Waals surface area contributed by atoms with Crippen LogP contribution in [-0.2, 0) is 0 Å². The second-order valence-electron chi connectivity index (χ2n) is 5.77. The molecule has 10 heteroatoms. The van der Waals surface area contributed by atoms with Gasteiger partial charge in [-0.25, -0.2) is 5.10 Å². The largest absolute Gasteiger partial charge is 0.369 e. The maximum atomic E-state index is 5.93. The highest BCUT2D eigenvalue weighted by Gasteiger charge is 2.25. The van der Waals surface area contributed by atoms with Crippen LogP contribution in [0.3, 0.4) is 0 Å². The molecule has 0 saturated heterocycles. The van der Waals surface area contributed by atoms with Gasteiger partial charge in [-0.2, -0.15) is 0 Å². The van der Waals surface area contributed by atoms with Crippen LogP contribution in [0.2, 0.25) is 0 Å². The molecule has 0 unspecified atom stereocenters. The van der Waals surface area contributed by atoms with Gasteiger partial charge < -0.3 is 23.0 Å². The van der Waals surface area contributed by atoms with Crippen LogP contribution in [-0.4, -0.2) is 20.7 Å². The van der Waals surface area contributed by atoms with Gasteiger partial charge in [-0.05, 0) is 48.0 Å². The van der Waals surface area contributed by atoms with Crippen LogP contribution < -0.4 is 23.0 Å². The molecule has 26 heavy (non-hydrogen) atoms. The Morgan fingerprint density at radius 1 is 1.15 bits per heavy atom. The van der Waals surface area contributed by atoms with Crippen molar-refractivity contribution in [1.29, 1.82) is 0 Å². The third kappa shape index (κ3) is 3.89. The van der Waals surface area contributed by atoms with E-state index in [0.29, 0.717) is 16.6 Å². The van der Waals surface area contributed by atoms with Gasteiger partial charge in [0.2, 0.25) is 16.7 Å². The van der Waals surface area contributed by atoms with E-state index in [9.17, 15) is 0 Å². The average Bonchev–Trinajstić information content (AvgIpc) is 3.40. The number of nitrogens with one attached hydrogen (secondary N) is 1. The molecule has 138 valence electrons. The minimum absolute atomic E-state index is 0. The summed E-state index contributed by atoms with van der Waals surface area (Å²) in [5, 5.41) is 12.0. The lowest BCUT2D eigenvalue weighted by atomic mass is 9.99. The van der Waals surface area contributed by atoms with Crippen molar-refractivity contribution in [3.63, 3.8) is 0 Å². The zero-order chi connectivity index (χ0) is 18.0. The molecule has 3 aromatic rings. The summed E-state index contributed by atoms with van der Waals surface area (Å²) >= 11 is 5.28. The summed E-state index contributed by atoms with van der Waals surface area (Å²) in [7, 11) is 0. The Hall–Kier alpha value is -2.78. The Kier molecular flexibility index (Phi) is 6.06. The third-order valence-corrected chi connectivity index (χ3v) is 4.31. The number of aromatic nitrogens is 3. The number of hydrazone groups is 1. The van der Waals surface area contributed by atoms with E-state index in [1.54, 1.807) is 4.57 Å². The van der Waals surface area contributed by atoms with E-state index in [4.69, 9.17) is 29.4 Å². The van der Waals surface area contributed by atoms with Gasteiger partial charge in [0.1, 0.15) is 0 Å². The van der Waals surface area contributed by atoms with Gasteiger partial charge in [0.15, 0.2) is 0 Å². The number of rotatable bonds is 2. The minimum atomic E-state index is -0.0926. The van der Waals surface area contributed by atoms with Crippen molar-refractivity contribution in [2.75, 3.05) is 5.73 Å². The normalized spacial score (nSPS) is 12.6. The number of benzene rings is 2. The first-order valence-electron chi connectivity index (χ1n) is 7.76. The number of nitrogens with two attached hydrogens (primary N) is 4. The number of anilines is 1. The summed E-state index contributed by atoms with van der Waals surface area (Å²) in [5.41, 5.74) is 17.7. The lowest BCUT2D eigenvalue weighted by molar-refractivity contribution is 1.04. The number of nitrogen functional groups attached to an aromatic ring is 1. The predicted octanol–water partition coefficient (Wildman–Crippen LogP) is 2.10. The molecule has 1 aliphatic rings. The highest BCUT2D eigenvalue weighted by molar-refractivity contribution is 7.71. The van der Waals surface area contributed by atoms with Gasteiger partial charge in [-0.1, -0.05) is 30.3 Å². The van der Waals surface area contributed by atoms with Gasteiger partial charge in [-0.3, -0.25) is 4.57 Å². The van der Waals surface area contributed by atoms with Crippen LogP contribution in [0.5, 0.6) is 0 Å². The Morgan fingerprint density at radius 2 is 1.77 bits per heavy atom. The number of H-pyrrole nitrogens is 1. The van der Waals surface area contributed by atoms with E-state index in [-0.39, 0.29) is 18.4 Å². The van der Waals surface area contributed by atoms with E-state index in [2.05, 4.69) is 51.5 Å². The summed E-state index contributed by atoms with van der Waals surface area (Å²) in [6.45, 7) is 0. The molecule has 1 saturated carbocycles. The highest BCUT2D eigenvalue weighted by atomic mass is 35.5. The van der Waals surface area contributed by atoms with Crippen LogP contribution in [0.4, 0.5) is 5.95 Å². The fraction of sp³-hybridized carbons (Fsp3) is 0.188. The SMILES string of the molecule is Cl.NN=C(N)N.Nc1n[nH]c(=S)n1-c1ccc(C2CC2)c2ccccc12. The monoisotopic (exact) mass is 392 g/mol. The first-order chi connectivity index (χ1) is 12.0. The minimum Gasteiger partial charge on any atom is -0.369 e. The highest BCUT2D eigenvalue weighted by Crippen LogP contribution is 2.44. The van der Waals surface area contributed by atoms with Crippen LogP contribution in [0, 0.1) is 4.77 Å². The maximum Gasteiger partial charge on any atom is 0.225 e. The van der Waals surface area contributed by atoms with Crippen LogP contribution in [0.25, 0.3) is 16.5 Å². The molecular weight excluding hydrogens is 372 g/mol. The Balaban J connectivity index is 0.000000362. The summed E-state index contributed by atoms with van der Waals surface area (Å²) in [6.07, 6.45) is 2.58. The topological polar surface area (TPSA) is 150 Å². The van der Waals surface area contributed by atoms with Crippen molar-refractivity contribution < 1.29 is 0 Å². The summed E-state index contributed by atoms with van der Waals surface area (Å²) in [5.74, 6) is 5.52. The Labute approximate surface area is 161 Å². The fourth-order valence-electron chi connectivity index (χ4n) is 2.79. The van der Waals surface area contributed by atoms with Crippen molar-refractivity contribution in [1.82, 2.24) is 14.8 Å². The average molecular weight is 393 g/mol. The number of hydrogen-bond acceptors (Lipinski definition) is 5. The Morgan fingerprint density at radius 3 is 2.27 bits per heavy atom. The zero-order valence-electron chi connectivity index (χ0n) is 13.9. The lowest BCUT2D eigenvalue weighted by Crippen LogP contribution is -2.23. The standard InChI is InChI=1S/C15H14N4S.CH6N4.ClH/c16-14-17-18-15(20)19(14)13-8-7-10(9-5-6-9)11-3-1-2-4-12(11)13;2-1(3)5-4;/h1-4,7-9H,5-6H2,(H2,16,17)(H,18,20);4H2,(H4,2,3,5);1H. The molecule has 2 aromatic carbocycles. The molecule has 0 spiro atoms. The fourth-order valence-corrected chi connectivity index (χ4v) is 3.03. The van der Waals surface area contributed by atoms with Gasteiger partial charge in [0.05, 0.1) is 5.69 Å². The maximum absolute atomic E-state index is 5.93. The molecule has 1 fully saturated rings. The van der Waals surface area contributed by atoms with E-state index in [0.717, 1.165) is 5.69 Å². The molecule has 1 aliphatic carbocycles. The van der Waals surface area contributed by atoms with Crippen molar-refractivity contribution in [2.24, 2.45) is 22.4 Å². The van der Waals surface area contributed by atoms with Crippen molar-refractivity contribution in [3.8, 4) is 5.69 Å². The van der Waals surface area contributed by atoms with Crippen LogP contribution in [0.15, 0.2) is 41.5 Å². The van der Waals surface area contributed by atoms with Gasteiger partial charge in [0, 0.05) is 5.39 Å². The summed E-state index contributed by atoms with van der Waals surface area (Å²) in [4.78, 5) is 0. The van der Waals surface area contributed by atoms with Crippen molar-refractivity contribution >= 4 is 47.3 Å². The van der Waals surface area contributed by atoms with Gasteiger partial charge in [-0.15, -0.1) is 22.6 Å². The first kappa shape index (κ1) is 19.5. The van der Waals surface area contributed by atoms with E-state index >= 15 is 0 Å². The van der Waals surface area contributed by atoms with Crippen molar-refractivity contribution in [3.05, 3.63) is 46.7 Å². The first-order valence-corrected chi connectivity index (χ1v) is 8.17. The molecule has 0 bridgehead atoms. The number of halogens is 1. The van der Waals surface area contributed by atoms with E-state index in [1.807, 2.05) is 6.07 Å². The summed E-state index contributed by atoms with van der Waals surface area (Å²) in [6, 6.07) is 12.7. The zero-order valence-corrected chi connectivity index (χ0v) is 15.6. The van der Waals surface area contributed by atoms with E-state index in [1.165, 1.54) is 29.2 Å². The molecule has 9 N–H and O–H groups in total. The predicted molar refractivity (Wildman–Crippen MR) is 110 cm³/mol. The van der Waals surface area contributed by atoms with Gasteiger partial charge >= 0.3 is 0 Å². The molecule has 1 aromatic heterocycles. The number of hydrogen-bond donors (Lipinski definition) is 5. The third-order valence-electron chi connectivity index (χ3n) is 4.04. The molecule has 8 nitrogen and oxygen atoms in total. The lowest BCUT2D eigenvalue weighted by Gasteiger charge is -2.12. The molecular formula is C16H21ClN8S. The van der Waals surface area contributed by atoms with Crippen molar-refractivity contribution in [2.45, 2.75) is 18.8 Å². The van der Waals surface area contributed by atoms with Gasteiger partial charge in [0.25, 0.3) is 0 Å².